The molecule has 0 aliphatic carbocycles. The van der Waals surface area contributed by atoms with E-state index in [0.717, 1.165) is 42.1 Å². The molecule has 0 radical (unpaired) electrons. The van der Waals surface area contributed by atoms with Gasteiger partial charge in [0.1, 0.15) is 0 Å². The Hall–Kier alpha value is -2.30. The molecule has 1 amide bonds. The number of nitrogens with zero attached hydrogens (tertiary/aromatic N) is 2. The highest BCUT2D eigenvalue weighted by molar-refractivity contribution is 5.92. The van der Waals surface area contributed by atoms with E-state index in [-0.39, 0.29) is 11.8 Å². The molecule has 5 nitrogen and oxygen atoms in total. The second-order valence-corrected chi connectivity index (χ2v) is 6.67. The van der Waals surface area contributed by atoms with Crippen molar-refractivity contribution in [1.82, 2.24) is 10.2 Å². The van der Waals surface area contributed by atoms with Gasteiger partial charge in [-0.2, -0.15) is 5.10 Å². The van der Waals surface area contributed by atoms with Crippen molar-refractivity contribution in [2.75, 3.05) is 23.3 Å². The standard InChI is InChI=1S/C19H26N4O/c1-5-23-9-8-15-6-7-16(11-17(15)23)20-18(24)10-12(2)19-13(3)21-22-14(19)4/h6-7,11-12H,5,8-10H2,1-4H3,(H,20,24)(H,21,22)/t12-/m0/s1. The van der Waals surface area contributed by atoms with Crippen LogP contribution in [-0.4, -0.2) is 29.2 Å². The molecule has 1 aliphatic heterocycles. The Bertz CT molecular complexity index is 730. The van der Waals surface area contributed by atoms with Crippen LogP contribution in [0.25, 0.3) is 0 Å². The summed E-state index contributed by atoms with van der Waals surface area (Å²) in [4.78, 5) is 14.8. The second-order valence-electron chi connectivity index (χ2n) is 6.67. The molecule has 1 aromatic carbocycles. The van der Waals surface area contributed by atoms with Crippen molar-refractivity contribution < 1.29 is 4.79 Å². The SMILES string of the molecule is CCN1CCc2ccc(NC(=O)C[C@H](C)c3c(C)n[nH]c3C)cc21. The summed E-state index contributed by atoms with van der Waals surface area (Å²) >= 11 is 0. The van der Waals surface area contributed by atoms with Gasteiger partial charge in [0.15, 0.2) is 0 Å². The minimum atomic E-state index is 0.0449. The van der Waals surface area contributed by atoms with Gasteiger partial charge in [-0.1, -0.05) is 13.0 Å². The number of hydrogen-bond donors (Lipinski definition) is 2. The number of nitrogens with one attached hydrogen (secondary N) is 2. The first-order valence-electron chi connectivity index (χ1n) is 8.68. The number of fused-ring (bicyclic) bond motifs is 1. The average Bonchev–Trinajstić information content (AvgIpc) is 3.09. The predicted molar refractivity (Wildman–Crippen MR) is 97.8 cm³/mol. The molecule has 2 heterocycles. The number of carbonyl (C=O) groups excluding carboxylic acids is 1. The van der Waals surface area contributed by atoms with Crippen LogP contribution in [0.1, 0.15) is 48.7 Å². The Morgan fingerprint density at radius 2 is 2.21 bits per heavy atom. The monoisotopic (exact) mass is 326 g/mol. The molecule has 2 N–H and O–H groups in total. The van der Waals surface area contributed by atoms with Crippen molar-refractivity contribution in [3.05, 3.63) is 40.7 Å². The highest BCUT2D eigenvalue weighted by Crippen LogP contribution is 2.31. The van der Waals surface area contributed by atoms with Gasteiger partial charge in [0.25, 0.3) is 0 Å². The van der Waals surface area contributed by atoms with E-state index in [4.69, 9.17) is 0 Å². The smallest absolute Gasteiger partial charge is 0.224 e. The van der Waals surface area contributed by atoms with Crippen molar-refractivity contribution >= 4 is 17.3 Å². The van der Waals surface area contributed by atoms with Crippen molar-refractivity contribution in [2.45, 2.75) is 46.5 Å². The van der Waals surface area contributed by atoms with Crippen LogP contribution in [0.4, 0.5) is 11.4 Å². The zero-order chi connectivity index (χ0) is 17.3. The summed E-state index contributed by atoms with van der Waals surface area (Å²) in [7, 11) is 0. The van der Waals surface area contributed by atoms with Gasteiger partial charge in [-0.3, -0.25) is 9.89 Å². The lowest BCUT2D eigenvalue weighted by molar-refractivity contribution is -0.116. The molecular formula is C19H26N4O. The van der Waals surface area contributed by atoms with Crippen LogP contribution < -0.4 is 10.2 Å². The number of anilines is 2. The fraction of sp³-hybridized carbons (Fsp3) is 0.474. The van der Waals surface area contributed by atoms with Crippen molar-refractivity contribution in [3.63, 3.8) is 0 Å². The molecule has 128 valence electrons. The van der Waals surface area contributed by atoms with Gasteiger partial charge in [0, 0.05) is 36.6 Å². The van der Waals surface area contributed by atoms with Gasteiger partial charge in [0.2, 0.25) is 5.91 Å². The lowest BCUT2D eigenvalue weighted by Crippen LogP contribution is -2.19. The third kappa shape index (κ3) is 3.16. The highest BCUT2D eigenvalue weighted by atomic mass is 16.1. The van der Waals surface area contributed by atoms with Gasteiger partial charge in [0.05, 0.1) is 5.69 Å². The number of aromatic nitrogens is 2. The molecule has 0 saturated carbocycles. The Morgan fingerprint density at radius 1 is 1.42 bits per heavy atom. The number of aromatic amines is 1. The number of likely N-dealkylation sites (N-methyl/N-ethyl adjacent to an activating group) is 1. The summed E-state index contributed by atoms with van der Waals surface area (Å²) < 4.78 is 0. The summed E-state index contributed by atoms with van der Waals surface area (Å²) in [5.74, 6) is 0.189. The fourth-order valence-corrected chi connectivity index (χ4v) is 3.73. The van der Waals surface area contributed by atoms with E-state index in [9.17, 15) is 4.79 Å². The lowest BCUT2D eigenvalue weighted by atomic mass is 9.95. The number of rotatable bonds is 5. The highest BCUT2D eigenvalue weighted by Gasteiger charge is 2.20. The zero-order valence-corrected chi connectivity index (χ0v) is 14.9. The first kappa shape index (κ1) is 16.6. The van der Waals surface area contributed by atoms with Crippen LogP contribution in [0.15, 0.2) is 18.2 Å². The summed E-state index contributed by atoms with van der Waals surface area (Å²) in [6.07, 6.45) is 1.54. The summed E-state index contributed by atoms with van der Waals surface area (Å²) in [5, 5.41) is 10.3. The topological polar surface area (TPSA) is 61.0 Å². The van der Waals surface area contributed by atoms with Crippen molar-refractivity contribution in [2.24, 2.45) is 0 Å². The van der Waals surface area contributed by atoms with E-state index >= 15 is 0 Å². The van der Waals surface area contributed by atoms with Gasteiger partial charge < -0.3 is 10.2 Å². The molecule has 0 saturated heterocycles. The van der Waals surface area contributed by atoms with Crippen LogP contribution in [0.5, 0.6) is 0 Å². The molecule has 0 bridgehead atoms. The third-order valence-corrected chi connectivity index (χ3v) is 4.91. The van der Waals surface area contributed by atoms with Gasteiger partial charge in [-0.05, 0) is 56.4 Å². The molecule has 3 rings (SSSR count). The van der Waals surface area contributed by atoms with Crippen LogP contribution >= 0.6 is 0 Å². The van der Waals surface area contributed by atoms with E-state index in [1.807, 2.05) is 19.9 Å². The maximum Gasteiger partial charge on any atom is 0.224 e. The Kier molecular flexibility index (Phi) is 4.60. The summed E-state index contributed by atoms with van der Waals surface area (Å²) in [5.41, 5.74) is 6.67. The minimum absolute atomic E-state index is 0.0449. The number of carbonyl (C=O) groups is 1. The number of H-pyrrole nitrogens is 1. The molecule has 2 aromatic rings. The number of hydrogen-bond acceptors (Lipinski definition) is 3. The molecule has 24 heavy (non-hydrogen) atoms. The van der Waals surface area contributed by atoms with E-state index in [0.29, 0.717) is 6.42 Å². The van der Waals surface area contributed by atoms with Gasteiger partial charge >= 0.3 is 0 Å². The lowest BCUT2D eigenvalue weighted by Gasteiger charge is -2.18. The van der Waals surface area contributed by atoms with Crippen LogP contribution in [-0.2, 0) is 11.2 Å². The zero-order valence-electron chi connectivity index (χ0n) is 14.9. The van der Waals surface area contributed by atoms with Crippen molar-refractivity contribution in [3.8, 4) is 0 Å². The summed E-state index contributed by atoms with van der Waals surface area (Å²) in [6, 6.07) is 6.24. The number of aryl methyl sites for hydroxylation is 2. The Balaban J connectivity index is 1.67. The van der Waals surface area contributed by atoms with E-state index in [2.05, 4.69) is 46.4 Å². The first-order chi connectivity index (χ1) is 11.5. The molecule has 0 spiro atoms. The van der Waals surface area contributed by atoms with Crippen LogP contribution in [0.3, 0.4) is 0 Å². The first-order valence-corrected chi connectivity index (χ1v) is 8.68. The van der Waals surface area contributed by atoms with Crippen LogP contribution in [0.2, 0.25) is 0 Å². The number of benzene rings is 1. The molecule has 5 heteroatoms. The predicted octanol–water partition coefficient (Wildman–Crippen LogP) is 3.54. The Labute approximate surface area is 143 Å². The minimum Gasteiger partial charge on any atom is -0.371 e. The van der Waals surface area contributed by atoms with Gasteiger partial charge in [-0.15, -0.1) is 0 Å². The second kappa shape index (κ2) is 6.67. The normalized spacial score (nSPS) is 14.6. The number of amides is 1. The molecule has 1 atom stereocenters. The maximum absolute atomic E-state index is 12.4. The molecule has 0 unspecified atom stereocenters. The molecule has 0 fully saturated rings. The average molecular weight is 326 g/mol. The fourth-order valence-electron chi connectivity index (χ4n) is 3.73. The molecule has 1 aromatic heterocycles. The van der Waals surface area contributed by atoms with E-state index in [1.54, 1.807) is 0 Å². The third-order valence-electron chi connectivity index (χ3n) is 4.91. The summed E-state index contributed by atoms with van der Waals surface area (Å²) in [6.45, 7) is 10.3. The van der Waals surface area contributed by atoms with E-state index in [1.165, 1.54) is 11.3 Å². The van der Waals surface area contributed by atoms with Crippen molar-refractivity contribution in [1.29, 1.82) is 0 Å². The van der Waals surface area contributed by atoms with E-state index < -0.39 is 0 Å². The van der Waals surface area contributed by atoms with Crippen LogP contribution in [0, 0.1) is 13.8 Å². The Morgan fingerprint density at radius 3 is 2.88 bits per heavy atom. The molecule has 1 aliphatic rings. The maximum atomic E-state index is 12.4. The molecular weight excluding hydrogens is 300 g/mol. The quantitative estimate of drug-likeness (QED) is 0.883. The van der Waals surface area contributed by atoms with Gasteiger partial charge in [-0.25, -0.2) is 0 Å². The largest absolute Gasteiger partial charge is 0.371 e.